The van der Waals surface area contributed by atoms with E-state index in [0.29, 0.717) is 12.3 Å². The zero-order valence-corrected chi connectivity index (χ0v) is 7.66. The second-order valence-electron chi connectivity index (χ2n) is 3.44. The van der Waals surface area contributed by atoms with Crippen LogP contribution in [0.3, 0.4) is 0 Å². The number of alkyl halides is 3. The minimum Gasteiger partial charge on any atom is -0.211 e. The Morgan fingerprint density at radius 1 is 1.42 bits per heavy atom. The van der Waals surface area contributed by atoms with Crippen molar-refractivity contribution in [1.82, 2.24) is 0 Å². The number of halogens is 3. The molecule has 0 heterocycles. The summed E-state index contributed by atoms with van der Waals surface area (Å²) in [5.41, 5.74) is -0.329. The Bertz CT molecular complexity index is 168. The summed E-state index contributed by atoms with van der Waals surface area (Å²) in [5.74, 6) is 0.349. The Balaban J connectivity index is 2.55. The molecular formula is C9H13ClF2. The average Bonchev–Trinajstić information content (AvgIpc) is 2.05. The summed E-state index contributed by atoms with van der Waals surface area (Å²) in [6.07, 6.45) is 4.12. The third-order valence-corrected chi connectivity index (χ3v) is 3.00. The van der Waals surface area contributed by atoms with E-state index in [-0.39, 0.29) is 11.8 Å². The number of hydrogen-bond donors (Lipinski definition) is 0. The Hall–Kier alpha value is -0.110. The van der Waals surface area contributed by atoms with Crippen molar-refractivity contribution in [3.8, 4) is 0 Å². The van der Waals surface area contributed by atoms with E-state index in [1.165, 1.54) is 0 Å². The van der Waals surface area contributed by atoms with Gasteiger partial charge in [-0.1, -0.05) is 12.2 Å². The van der Waals surface area contributed by atoms with Crippen LogP contribution in [0.2, 0.25) is 0 Å². The zero-order valence-electron chi connectivity index (χ0n) is 6.90. The molecule has 0 aromatic rings. The van der Waals surface area contributed by atoms with Crippen LogP contribution in [0.1, 0.15) is 25.7 Å². The fraction of sp³-hybridized carbons (Fsp3) is 0.778. The summed E-state index contributed by atoms with van der Waals surface area (Å²) in [4.78, 5) is 0. The summed E-state index contributed by atoms with van der Waals surface area (Å²) in [5, 5.41) is 0. The van der Waals surface area contributed by atoms with E-state index >= 15 is 0 Å². The molecule has 3 heteroatoms. The first-order chi connectivity index (χ1) is 5.68. The Kier molecular flexibility index (Phi) is 3.51. The van der Waals surface area contributed by atoms with E-state index in [0.717, 1.165) is 12.8 Å². The molecule has 0 N–H and O–H groups in total. The van der Waals surface area contributed by atoms with E-state index in [1.807, 2.05) is 12.2 Å². The molecule has 0 bridgehead atoms. The van der Waals surface area contributed by atoms with Gasteiger partial charge in [0.15, 0.2) is 0 Å². The summed E-state index contributed by atoms with van der Waals surface area (Å²) in [6.45, 7) is 0. The number of hydrogen-bond acceptors (Lipinski definition) is 0. The lowest BCUT2D eigenvalue weighted by Crippen LogP contribution is -2.26. The lowest BCUT2D eigenvalue weighted by molar-refractivity contribution is 0.0765. The molecule has 0 fully saturated rings. The van der Waals surface area contributed by atoms with Crippen molar-refractivity contribution in [2.24, 2.45) is 5.41 Å². The highest BCUT2D eigenvalue weighted by Crippen LogP contribution is 2.39. The van der Waals surface area contributed by atoms with Crippen LogP contribution in [0.5, 0.6) is 0 Å². The van der Waals surface area contributed by atoms with Gasteiger partial charge in [-0.2, -0.15) is 0 Å². The topological polar surface area (TPSA) is 0 Å². The summed E-state index contributed by atoms with van der Waals surface area (Å²) in [6, 6.07) is 0. The third kappa shape index (κ3) is 2.44. The largest absolute Gasteiger partial charge is 0.239 e. The molecule has 0 aromatic heterocycles. The van der Waals surface area contributed by atoms with Gasteiger partial charge < -0.3 is 0 Å². The molecule has 0 aromatic carbocycles. The van der Waals surface area contributed by atoms with Gasteiger partial charge in [-0.15, -0.1) is 11.6 Å². The van der Waals surface area contributed by atoms with E-state index in [4.69, 9.17) is 11.6 Å². The Morgan fingerprint density at radius 3 is 2.58 bits per heavy atom. The minimum atomic E-state index is -2.23. The lowest BCUT2D eigenvalue weighted by atomic mass is 9.76. The highest BCUT2D eigenvalue weighted by Gasteiger charge is 2.32. The fourth-order valence-corrected chi connectivity index (χ4v) is 1.98. The van der Waals surface area contributed by atoms with Crippen molar-refractivity contribution in [3.63, 3.8) is 0 Å². The Morgan fingerprint density at radius 2 is 2.17 bits per heavy atom. The van der Waals surface area contributed by atoms with Crippen molar-refractivity contribution in [2.75, 3.05) is 5.88 Å². The molecule has 0 spiro atoms. The molecule has 0 saturated carbocycles. The van der Waals surface area contributed by atoms with Gasteiger partial charge in [0.1, 0.15) is 0 Å². The lowest BCUT2D eigenvalue weighted by Gasteiger charge is -2.32. The van der Waals surface area contributed by atoms with Crippen molar-refractivity contribution in [2.45, 2.75) is 32.1 Å². The molecule has 0 radical (unpaired) electrons. The summed E-state index contributed by atoms with van der Waals surface area (Å²) < 4.78 is 24.3. The normalized spacial score (nSPS) is 29.7. The van der Waals surface area contributed by atoms with Crippen LogP contribution in [0, 0.1) is 5.41 Å². The van der Waals surface area contributed by atoms with Crippen LogP contribution >= 0.6 is 11.6 Å². The smallest absolute Gasteiger partial charge is 0.211 e. The van der Waals surface area contributed by atoms with Crippen LogP contribution in [0.15, 0.2) is 12.2 Å². The molecule has 1 aliphatic rings. The number of rotatable bonds is 3. The molecule has 0 nitrogen and oxygen atoms in total. The maximum atomic E-state index is 12.2. The monoisotopic (exact) mass is 194 g/mol. The standard InChI is InChI=1S/C9H13ClF2/c10-7-9(6-8(11)12)4-2-1-3-5-9/h1-2,8H,3-7H2. The molecule has 12 heavy (non-hydrogen) atoms. The molecule has 1 aliphatic carbocycles. The molecule has 0 saturated heterocycles. The molecule has 0 aliphatic heterocycles. The van der Waals surface area contributed by atoms with Gasteiger partial charge in [-0.3, -0.25) is 0 Å². The van der Waals surface area contributed by atoms with Crippen LogP contribution in [-0.4, -0.2) is 12.3 Å². The van der Waals surface area contributed by atoms with Crippen molar-refractivity contribution < 1.29 is 8.78 Å². The van der Waals surface area contributed by atoms with E-state index in [9.17, 15) is 8.78 Å². The minimum absolute atomic E-state index is 0.0547. The Labute approximate surface area is 76.6 Å². The van der Waals surface area contributed by atoms with Gasteiger partial charge in [0.25, 0.3) is 0 Å². The predicted molar refractivity (Wildman–Crippen MR) is 46.8 cm³/mol. The van der Waals surface area contributed by atoms with Gasteiger partial charge in [0.05, 0.1) is 0 Å². The second-order valence-corrected chi connectivity index (χ2v) is 3.71. The van der Waals surface area contributed by atoms with Gasteiger partial charge >= 0.3 is 0 Å². The van der Waals surface area contributed by atoms with Gasteiger partial charge in [-0.05, 0) is 24.7 Å². The van der Waals surface area contributed by atoms with Gasteiger partial charge in [0, 0.05) is 12.3 Å². The number of allylic oxidation sites excluding steroid dienone is 2. The summed E-state index contributed by atoms with van der Waals surface area (Å²) in [7, 11) is 0. The summed E-state index contributed by atoms with van der Waals surface area (Å²) >= 11 is 5.71. The van der Waals surface area contributed by atoms with E-state index in [2.05, 4.69) is 0 Å². The van der Waals surface area contributed by atoms with Crippen molar-refractivity contribution in [1.29, 1.82) is 0 Å². The van der Waals surface area contributed by atoms with Crippen molar-refractivity contribution in [3.05, 3.63) is 12.2 Å². The maximum Gasteiger partial charge on any atom is 0.239 e. The van der Waals surface area contributed by atoms with Crippen LogP contribution in [-0.2, 0) is 0 Å². The zero-order chi connectivity index (χ0) is 9.03. The highest BCUT2D eigenvalue weighted by atomic mass is 35.5. The third-order valence-electron chi connectivity index (χ3n) is 2.43. The quantitative estimate of drug-likeness (QED) is 0.476. The van der Waals surface area contributed by atoms with Crippen LogP contribution in [0.4, 0.5) is 8.78 Å². The first-order valence-electron chi connectivity index (χ1n) is 4.18. The van der Waals surface area contributed by atoms with Crippen molar-refractivity contribution >= 4 is 11.6 Å². The van der Waals surface area contributed by atoms with Gasteiger partial charge in [-0.25, -0.2) is 8.78 Å². The predicted octanol–water partition coefficient (Wildman–Crippen LogP) is 3.61. The molecule has 1 unspecified atom stereocenters. The van der Waals surface area contributed by atoms with Crippen LogP contribution in [0.25, 0.3) is 0 Å². The average molecular weight is 195 g/mol. The SMILES string of the molecule is FC(F)CC1(CCl)CC=CCC1. The first kappa shape index (κ1) is 9.97. The van der Waals surface area contributed by atoms with E-state index in [1.54, 1.807) is 0 Å². The van der Waals surface area contributed by atoms with Crippen LogP contribution < -0.4 is 0 Å². The fourth-order valence-electron chi connectivity index (χ4n) is 1.63. The molecule has 70 valence electrons. The highest BCUT2D eigenvalue weighted by molar-refractivity contribution is 6.18. The van der Waals surface area contributed by atoms with E-state index < -0.39 is 6.43 Å². The first-order valence-corrected chi connectivity index (χ1v) is 4.71. The molecule has 0 amide bonds. The van der Waals surface area contributed by atoms with Gasteiger partial charge in [0.2, 0.25) is 6.43 Å². The molecule has 1 atom stereocenters. The molecular weight excluding hydrogens is 182 g/mol. The second kappa shape index (κ2) is 4.22. The maximum absolute atomic E-state index is 12.2. The molecule has 1 rings (SSSR count).